The standard InChI is InChI=1S/C18H26N2O6/c1-3-11-20(12-4-2)13-5-7-14(8-6-13)26-18(25)19-15(17(23)24)9-10-16(21)22/h5-8,15H,3-4,9-12H2,1-2H3,(H,19,25)(H,21,22)(H,23,24). The Labute approximate surface area is 152 Å². The molecule has 0 aliphatic carbocycles. The second-order valence-electron chi connectivity index (χ2n) is 5.84. The van der Waals surface area contributed by atoms with Gasteiger partial charge in [-0.05, 0) is 43.5 Å². The van der Waals surface area contributed by atoms with Gasteiger partial charge in [0.15, 0.2) is 0 Å². The van der Waals surface area contributed by atoms with Crippen molar-refractivity contribution in [1.29, 1.82) is 0 Å². The summed E-state index contributed by atoms with van der Waals surface area (Å²) in [5.41, 5.74) is 1.02. The van der Waals surface area contributed by atoms with Gasteiger partial charge in [0.1, 0.15) is 11.8 Å². The minimum Gasteiger partial charge on any atom is -0.481 e. The molecule has 0 saturated carbocycles. The van der Waals surface area contributed by atoms with E-state index in [1.54, 1.807) is 12.1 Å². The lowest BCUT2D eigenvalue weighted by atomic mass is 10.1. The second-order valence-corrected chi connectivity index (χ2v) is 5.84. The summed E-state index contributed by atoms with van der Waals surface area (Å²) in [5.74, 6) is -2.17. The number of nitrogens with zero attached hydrogens (tertiary/aromatic N) is 1. The van der Waals surface area contributed by atoms with Gasteiger partial charge in [0.2, 0.25) is 0 Å². The van der Waals surface area contributed by atoms with E-state index in [0.717, 1.165) is 31.6 Å². The Morgan fingerprint density at radius 2 is 1.65 bits per heavy atom. The maximum Gasteiger partial charge on any atom is 0.413 e. The number of carboxylic acids is 2. The van der Waals surface area contributed by atoms with Gasteiger partial charge in [-0.2, -0.15) is 0 Å². The lowest BCUT2D eigenvalue weighted by Gasteiger charge is -2.23. The molecular weight excluding hydrogens is 340 g/mol. The predicted molar refractivity (Wildman–Crippen MR) is 96.7 cm³/mol. The molecule has 1 aromatic rings. The summed E-state index contributed by atoms with van der Waals surface area (Å²) in [7, 11) is 0. The molecule has 8 nitrogen and oxygen atoms in total. The van der Waals surface area contributed by atoms with Crippen LogP contribution in [0.25, 0.3) is 0 Å². The van der Waals surface area contributed by atoms with E-state index in [4.69, 9.17) is 14.9 Å². The van der Waals surface area contributed by atoms with Gasteiger partial charge in [0.05, 0.1) is 0 Å². The predicted octanol–water partition coefficient (Wildman–Crippen LogP) is 2.72. The van der Waals surface area contributed by atoms with Crippen molar-refractivity contribution < 1.29 is 29.3 Å². The summed E-state index contributed by atoms with van der Waals surface area (Å²) in [6, 6.07) is 5.64. The summed E-state index contributed by atoms with van der Waals surface area (Å²) in [6.07, 6.45) is 0.522. The van der Waals surface area contributed by atoms with Gasteiger partial charge in [-0.1, -0.05) is 13.8 Å². The van der Waals surface area contributed by atoms with E-state index in [1.165, 1.54) is 0 Å². The lowest BCUT2D eigenvalue weighted by Crippen LogP contribution is -2.42. The summed E-state index contributed by atoms with van der Waals surface area (Å²) in [6.45, 7) is 6.07. The average molecular weight is 366 g/mol. The highest BCUT2D eigenvalue weighted by molar-refractivity contribution is 5.81. The van der Waals surface area contributed by atoms with Gasteiger partial charge in [-0.25, -0.2) is 9.59 Å². The third-order valence-electron chi connectivity index (χ3n) is 3.64. The molecule has 0 aliphatic heterocycles. The highest BCUT2D eigenvalue weighted by atomic mass is 16.6. The van der Waals surface area contributed by atoms with Gasteiger partial charge in [0.25, 0.3) is 0 Å². The Morgan fingerprint density at radius 1 is 1.08 bits per heavy atom. The molecular formula is C18H26N2O6. The molecule has 0 saturated heterocycles. The normalized spacial score (nSPS) is 11.5. The van der Waals surface area contributed by atoms with Crippen molar-refractivity contribution in [2.24, 2.45) is 0 Å². The van der Waals surface area contributed by atoms with Gasteiger partial charge in [-0.3, -0.25) is 4.79 Å². The van der Waals surface area contributed by atoms with Crippen LogP contribution < -0.4 is 15.0 Å². The molecule has 0 aromatic heterocycles. The van der Waals surface area contributed by atoms with Crippen LogP contribution in [0.3, 0.4) is 0 Å². The van der Waals surface area contributed by atoms with Crippen molar-refractivity contribution >= 4 is 23.7 Å². The van der Waals surface area contributed by atoms with Crippen LogP contribution in [0.2, 0.25) is 0 Å². The zero-order valence-corrected chi connectivity index (χ0v) is 15.1. The quantitative estimate of drug-likeness (QED) is 0.551. The highest BCUT2D eigenvalue weighted by Crippen LogP contribution is 2.20. The Bertz CT molecular complexity index is 596. The lowest BCUT2D eigenvalue weighted by molar-refractivity contribution is -0.140. The fourth-order valence-electron chi connectivity index (χ4n) is 2.44. The second kappa shape index (κ2) is 11.0. The van der Waals surface area contributed by atoms with Crippen molar-refractivity contribution in [3.8, 4) is 5.75 Å². The number of aliphatic carboxylic acids is 2. The number of carboxylic acid groups (broad SMARTS) is 2. The first-order chi connectivity index (χ1) is 12.4. The summed E-state index contributed by atoms with van der Waals surface area (Å²) in [5, 5.41) is 19.8. The smallest absolute Gasteiger partial charge is 0.413 e. The van der Waals surface area contributed by atoms with Crippen molar-refractivity contribution in [2.45, 2.75) is 45.6 Å². The Morgan fingerprint density at radius 3 is 2.12 bits per heavy atom. The van der Waals surface area contributed by atoms with Crippen LogP contribution in [0, 0.1) is 0 Å². The number of carbonyl (C=O) groups is 3. The van der Waals surface area contributed by atoms with E-state index in [0.29, 0.717) is 0 Å². The zero-order chi connectivity index (χ0) is 19.5. The van der Waals surface area contributed by atoms with Crippen LogP contribution in [0.4, 0.5) is 10.5 Å². The van der Waals surface area contributed by atoms with Crippen molar-refractivity contribution in [3.05, 3.63) is 24.3 Å². The van der Waals surface area contributed by atoms with E-state index in [-0.39, 0.29) is 18.6 Å². The first kappa shape index (κ1) is 21.3. The maximum atomic E-state index is 11.8. The van der Waals surface area contributed by atoms with Crippen molar-refractivity contribution in [1.82, 2.24) is 5.32 Å². The van der Waals surface area contributed by atoms with Crippen LogP contribution in [-0.2, 0) is 9.59 Å². The molecule has 1 unspecified atom stereocenters. The minimum absolute atomic E-state index is 0.221. The Balaban J connectivity index is 2.65. The molecule has 0 fully saturated rings. The number of rotatable bonds is 11. The number of hydrogen-bond donors (Lipinski definition) is 3. The number of nitrogens with one attached hydrogen (secondary N) is 1. The first-order valence-corrected chi connectivity index (χ1v) is 8.65. The molecule has 0 spiro atoms. The number of benzene rings is 1. The molecule has 1 atom stereocenters. The first-order valence-electron chi connectivity index (χ1n) is 8.65. The van der Waals surface area contributed by atoms with Gasteiger partial charge in [-0.15, -0.1) is 0 Å². The topological polar surface area (TPSA) is 116 Å². The van der Waals surface area contributed by atoms with Crippen LogP contribution in [0.1, 0.15) is 39.5 Å². The number of ether oxygens (including phenoxy) is 1. The number of carbonyl (C=O) groups excluding carboxylic acids is 1. The zero-order valence-electron chi connectivity index (χ0n) is 15.1. The third kappa shape index (κ3) is 7.42. The minimum atomic E-state index is -1.32. The number of anilines is 1. The van der Waals surface area contributed by atoms with Crippen LogP contribution in [0.15, 0.2) is 24.3 Å². The van der Waals surface area contributed by atoms with E-state index < -0.39 is 24.1 Å². The molecule has 1 aromatic carbocycles. The highest BCUT2D eigenvalue weighted by Gasteiger charge is 2.22. The summed E-state index contributed by atoms with van der Waals surface area (Å²) < 4.78 is 5.08. The number of hydrogen-bond acceptors (Lipinski definition) is 5. The van der Waals surface area contributed by atoms with Gasteiger partial charge < -0.3 is 25.2 Å². The SMILES string of the molecule is CCCN(CCC)c1ccc(OC(=O)NC(CCC(=O)O)C(=O)O)cc1. The summed E-state index contributed by atoms with van der Waals surface area (Å²) >= 11 is 0. The fraction of sp³-hybridized carbons (Fsp3) is 0.500. The Hall–Kier alpha value is -2.77. The molecule has 8 heteroatoms. The Kier molecular flexibility index (Phi) is 8.97. The number of amides is 1. The molecule has 144 valence electrons. The molecule has 0 aliphatic rings. The van der Waals surface area contributed by atoms with E-state index in [2.05, 4.69) is 24.1 Å². The van der Waals surface area contributed by atoms with E-state index in [9.17, 15) is 14.4 Å². The largest absolute Gasteiger partial charge is 0.481 e. The van der Waals surface area contributed by atoms with Crippen molar-refractivity contribution in [2.75, 3.05) is 18.0 Å². The molecule has 26 heavy (non-hydrogen) atoms. The third-order valence-corrected chi connectivity index (χ3v) is 3.64. The van der Waals surface area contributed by atoms with E-state index >= 15 is 0 Å². The maximum absolute atomic E-state index is 11.8. The van der Waals surface area contributed by atoms with Crippen molar-refractivity contribution in [3.63, 3.8) is 0 Å². The molecule has 0 heterocycles. The molecule has 3 N–H and O–H groups in total. The van der Waals surface area contributed by atoms with Gasteiger partial charge in [0, 0.05) is 25.2 Å². The van der Waals surface area contributed by atoms with Crippen LogP contribution in [-0.4, -0.2) is 47.4 Å². The van der Waals surface area contributed by atoms with Crippen LogP contribution >= 0.6 is 0 Å². The molecule has 1 rings (SSSR count). The average Bonchev–Trinajstić information content (AvgIpc) is 2.58. The van der Waals surface area contributed by atoms with Gasteiger partial charge >= 0.3 is 18.0 Å². The fourth-order valence-corrected chi connectivity index (χ4v) is 2.44. The molecule has 1 amide bonds. The van der Waals surface area contributed by atoms with E-state index in [1.807, 2.05) is 12.1 Å². The van der Waals surface area contributed by atoms with Crippen LogP contribution in [0.5, 0.6) is 5.75 Å². The molecule has 0 bridgehead atoms. The monoisotopic (exact) mass is 366 g/mol. The molecule has 0 radical (unpaired) electrons. The summed E-state index contributed by atoms with van der Waals surface area (Å²) in [4.78, 5) is 35.7.